The molecule has 102 valence electrons. The van der Waals surface area contributed by atoms with Crippen molar-refractivity contribution < 1.29 is 14.7 Å². The van der Waals surface area contributed by atoms with Gasteiger partial charge in [-0.15, -0.1) is 0 Å². The second kappa shape index (κ2) is 6.07. The molecular formula is C14H8BrClNO3-. The molecule has 1 N–H and O–H groups in total. The van der Waals surface area contributed by atoms with Crippen molar-refractivity contribution >= 4 is 45.1 Å². The first-order valence-electron chi connectivity index (χ1n) is 5.55. The highest BCUT2D eigenvalue weighted by Gasteiger charge is 2.10. The largest absolute Gasteiger partial charge is 0.545 e. The maximum atomic E-state index is 12.1. The van der Waals surface area contributed by atoms with Crippen molar-refractivity contribution in [2.24, 2.45) is 0 Å². The van der Waals surface area contributed by atoms with Crippen molar-refractivity contribution in [2.75, 3.05) is 5.32 Å². The summed E-state index contributed by atoms with van der Waals surface area (Å²) in [6.07, 6.45) is 0. The Morgan fingerprint density at radius 2 is 1.90 bits per heavy atom. The van der Waals surface area contributed by atoms with Gasteiger partial charge in [-0.05, 0) is 36.4 Å². The van der Waals surface area contributed by atoms with Crippen LogP contribution in [0.4, 0.5) is 5.69 Å². The first-order chi connectivity index (χ1) is 9.47. The molecule has 0 spiro atoms. The summed E-state index contributed by atoms with van der Waals surface area (Å²) in [5.74, 6) is -1.82. The van der Waals surface area contributed by atoms with Crippen molar-refractivity contribution in [1.82, 2.24) is 0 Å². The van der Waals surface area contributed by atoms with Crippen LogP contribution in [-0.4, -0.2) is 11.9 Å². The Bertz CT molecular complexity index is 688. The third-order valence-corrected chi connectivity index (χ3v) is 3.26. The topological polar surface area (TPSA) is 69.2 Å². The molecule has 0 aliphatic carbocycles. The summed E-state index contributed by atoms with van der Waals surface area (Å²) >= 11 is 9.06. The van der Waals surface area contributed by atoms with Crippen LogP contribution in [0.25, 0.3) is 0 Å². The molecule has 0 saturated carbocycles. The zero-order chi connectivity index (χ0) is 14.7. The standard InChI is InChI=1S/C14H9BrClNO3/c15-9-3-1-2-8(6-9)13(18)17-12-7-10(16)4-5-11(12)14(19)20/h1-7H,(H,17,18)(H,19,20)/p-1. The van der Waals surface area contributed by atoms with Crippen LogP contribution < -0.4 is 10.4 Å². The number of carboxylic acid groups (broad SMARTS) is 1. The molecule has 0 bridgehead atoms. The molecule has 4 nitrogen and oxygen atoms in total. The van der Waals surface area contributed by atoms with Crippen molar-refractivity contribution in [1.29, 1.82) is 0 Å². The summed E-state index contributed by atoms with van der Waals surface area (Å²) in [5, 5.41) is 13.8. The van der Waals surface area contributed by atoms with Crippen molar-refractivity contribution in [2.45, 2.75) is 0 Å². The highest BCUT2D eigenvalue weighted by atomic mass is 79.9. The van der Waals surface area contributed by atoms with E-state index >= 15 is 0 Å². The lowest BCUT2D eigenvalue weighted by Crippen LogP contribution is -2.24. The van der Waals surface area contributed by atoms with Gasteiger partial charge in [-0.2, -0.15) is 0 Å². The van der Waals surface area contributed by atoms with E-state index in [1.807, 2.05) is 0 Å². The second-order valence-electron chi connectivity index (χ2n) is 3.94. The summed E-state index contributed by atoms with van der Waals surface area (Å²) in [6.45, 7) is 0. The van der Waals surface area contributed by atoms with Gasteiger partial charge in [0.1, 0.15) is 0 Å². The van der Waals surface area contributed by atoms with Gasteiger partial charge in [-0.1, -0.05) is 33.6 Å². The molecule has 1 amide bonds. The highest BCUT2D eigenvalue weighted by molar-refractivity contribution is 9.10. The molecule has 2 aromatic carbocycles. The third kappa shape index (κ3) is 3.37. The van der Waals surface area contributed by atoms with Gasteiger partial charge >= 0.3 is 0 Å². The predicted octanol–water partition coefficient (Wildman–Crippen LogP) is 2.72. The van der Waals surface area contributed by atoms with E-state index < -0.39 is 11.9 Å². The van der Waals surface area contributed by atoms with Gasteiger partial charge in [-0.25, -0.2) is 0 Å². The average Bonchev–Trinajstić information content (AvgIpc) is 2.38. The predicted molar refractivity (Wildman–Crippen MR) is 77.9 cm³/mol. The van der Waals surface area contributed by atoms with E-state index in [1.165, 1.54) is 18.2 Å². The fraction of sp³-hybridized carbons (Fsp3) is 0. The van der Waals surface area contributed by atoms with E-state index in [1.54, 1.807) is 24.3 Å². The number of amides is 1. The normalized spacial score (nSPS) is 10.1. The maximum absolute atomic E-state index is 12.1. The fourth-order valence-corrected chi connectivity index (χ4v) is 2.19. The molecule has 0 unspecified atom stereocenters. The number of benzene rings is 2. The molecule has 0 aliphatic rings. The molecule has 6 heteroatoms. The number of aromatic carboxylic acids is 1. The molecule has 2 rings (SSSR count). The van der Waals surface area contributed by atoms with E-state index in [-0.39, 0.29) is 11.3 Å². The molecule has 0 aliphatic heterocycles. The van der Waals surface area contributed by atoms with Crippen LogP contribution in [0.3, 0.4) is 0 Å². The Hall–Kier alpha value is -1.85. The van der Waals surface area contributed by atoms with Gasteiger partial charge in [0.2, 0.25) is 0 Å². The van der Waals surface area contributed by atoms with E-state index in [0.717, 1.165) is 4.47 Å². The SMILES string of the molecule is O=C(Nc1cc(Cl)ccc1C(=O)[O-])c1cccc(Br)c1. The fourth-order valence-electron chi connectivity index (χ4n) is 1.62. The molecule has 0 fully saturated rings. The monoisotopic (exact) mass is 352 g/mol. The van der Waals surface area contributed by atoms with Crippen molar-refractivity contribution in [3.05, 3.63) is 63.1 Å². The van der Waals surface area contributed by atoms with Crippen LogP contribution in [0.2, 0.25) is 5.02 Å². The molecule has 20 heavy (non-hydrogen) atoms. The molecule has 0 atom stereocenters. The lowest BCUT2D eigenvalue weighted by molar-refractivity contribution is -0.254. The van der Waals surface area contributed by atoms with Gasteiger partial charge in [0, 0.05) is 20.6 Å². The number of carbonyl (C=O) groups is 2. The summed E-state index contributed by atoms with van der Waals surface area (Å²) < 4.78 is 0.747. The van der Waals surface area contributed by atoms with Crippen LogP contribution in [0.15, 0.2) is 46.9 Å². The van der Waals surface area contributed by atoms with Crippen LogP contribution in [-0.2, 0) is 0 Å². The summed E-state index contributed by atoms with van der Waals surface area (Å²) in [4.78, 5) is 23.1. The Morgan fingerprint density at radius 1 is 1.15 bits per heavy atom. The molecular weight excluding hydrogens is 346 g/mol. The summed E-state index contributed by atoms with van der Waals surface area (Å²) in [5.41, 5.74) is 0.365. The van der Waals surface area contributed by atoms with E-state index in [2.05, 4.69) is 21.2 Å². The Labute approximate surface area is 128 Å². The number of rotatable bonds is 3. The van der Waals surface area contributed by atoms with Crippen molar-refractivity contribution in [3.63, 3.8) is 0 Å². The van der Waals surface area contributed by atoms with E-state index in [0.29, 0.717) is 10.6 Å². The van der Waals surface area contributed by atoms with Gasteiger partial charge in [-0.3, -0.25) is 4.79 Å². The molecule has 0 heterocycles. The minimum absolute atomic E-state index is 0.0995. The van der Waals surface area contributed by atoms with Gasteiger partial charge in [0.05, 0.1) is 11.7 Å². The Balaban J connectivity index is 2.32. The number of carbonyl (C=O) groups excluding carboxylic acids is 2. The summed E-state index contributed by atoms with van der Waals surface area (Å²) in [7, 11) is 0. The molecule has 0 saturated heterocycles. The second-order valence-corrected chi connectivity index (χ2v) is 5.29. The molecule has 0 aromatic heterocycles. The number of hydrogen-bond donors (Lipinski definition) is 1. The lowest BCUT2D eigenvalue weighted by Gasteiger charge is -2.12. The maximum Gasteiger partial charge on any atom is 0.255 e. The summed E-state index contributed by atoms with van der Waals surface area (Å²) in [6, 6.07) is 10.8. The number of hydrogen-bond acceptors (Lipinski definition) is 3. The highest BCUT2D eigenvalue weighted by Crippen LogP contribution is 2.22. The lowest BCUT2D eigenvalue weighted by atomic mass is 10.1. The van der Waals surface area contributed by atoms with E-state index in [9.17, 15) is 14.7 Å². The zero-order valence-electron chi connectivity index (χ0n) is 10.0. The Morgan fingerprint density at radius 3 is 2.55 bits per heavy atom. The van der Waals surface area contributed by atoms with Crippen LogP contribution in [0, 0.1) is 0 Å². The van der Waals surface area contributed by atoms with E-state index in [4.69, 9.17) is 11.6 Å². The molecule has 0 radical (unpaired) electrons. The van der Waals surface area contributed by atoms with Gasteiger partial charge in [0.15, 0.2) is 0 Å². The third-order valence-electron chi connectivity index (χ3n) is 2.54. The minimum atomic E-state index is -1.38. The smallest absolute Gasteiger partial charge is 0.255 e. The zero-order valence-corrected chi connectivity index (χ0v) is 12.4. The number of carboxylic acids is 1. The number of anilines is 1. The van der Waals surface area contributed by atoms with Gasteiger partial charge < -0.3 is 15.2 Å². The number of halogens is 2. The van der Waals surface area contributed by atoms with Gasteiger partial charge in [0.25, 0.3) is 5.91 Å². The first kappa shape index (κ1) is 14.6. The molecule has 2 aromatic rings. The Kier molecular flexibility index (Phi) is 4.42. The van der Waals surface area contributed by atoms with Crippen LogP contribution in [0.1, 0.15) is 20.7 Å². The number of nitrogens with one attached hydrogen (secondary N) is 1. The van der Waals surface area contributed by atoms with Crippen molar-refractivity contribution in [3.8, 4) is 0 Å². The van der Waals surface area contributed by atoms with Crippen LogP contribution in [0.5, 0.6) is 0 Å². The minimum Gasteiger partial charge on any atom is -0.545 e. The first-order valence-corrected chi connectivity index (χ1v) is 6.72. The average molecular weight is 354 g/mol. The quantitative estimate of drug-likeness (QED) is 0.922. The van der Waals surface area contributed by atoms with Crippen LogP contribution >= 0.6 is 27.5 Å².